The molecule has 0 unspecified atom stereocenters. The van der Waals surface area contributed by atoms with Gasteiger partial charge in [0, 0.05) is 12.7 Å². The Bertz CT molecular complexity index is 1070. The summed E-state index contributed by atoms with van der Waals surface area (Å²) in [7, 11) is 0. The molecular formula is C17H11ClF4N4O2. The van der Waals surface area contributed by atoms with Crippen LogP contribution < -0.4 is 10.9 Å². The van der Waals surface area contributed by atoms with E-state index in [2.05, 4.69) is 15.4 Å². The molecule has 3 aromatic rings. The lowest BCUT2D eigenvalue weighted by atomic mass is 10.2. The van der Waals surface area contributed by atoms with Gasteiger partial charge in [0.25, 0.3) is 5.56 Å². The van der Waals surface area contributed by atoms with Crippen molar-refractivity contribution in [3.05, 3.63) is 75.0 Å². The molecule has 2 heterocycles. The minimum atomic E-state index is -4.55. The van der Waals surface area contributed by atoms with E-state index in [0.717, 1.165) is 22.9 Å². The van der Waals surface area contributed by atoms with E-state index in [1.165, 1.54) is 18.3 Å². The van der Waals surface area contributed by atoms with E-state index in [9.17, 15) is 27.5 Å². The van der Waals surface area contributed by atoms with Crippen molar-refractivity contribution in [1.82, 2.24) is 14.8 Å². The van der Waals surface area contributed by atoms with E-state index in [4.69, 9.17) is 11.6 Å². The number of aromatic nitrogens is 3. The standard InChI is InChI=1S/C17H11ClF4N4O2/c18-15-12(23-6-9-1-3-13(27)11(19)5-9)8-25-26(16(15)28)14-4-2-10(7-24-14)17(20,21)22/h1-5,7-8,23,27H,6H2. The third-order valence-corrected chi connectivity index (χ3v) is 4.07. The number of phenols is 1. The van der Waals surface area contributed by atoms with Crippen LogP contribution in [0.25, 0.3) is 5.82 Å². The number of benzene rings is 1. The van der Waals surface area contributed by atoms with Crippen LogP contribution in [0.3, 0.4) is 0 Å². The Kier molecular flexibility index (Phi) is 5.23. The summed E-state index contributed by atoms with van der Waals surface area (Å²) in [6.07, 6.45) is -2.77. The van der Waals surface area contributed by atoms with Crippen LogP contribution in [-0.4, -0.2) is 19.9 Å². The zero-order chi connectivity index (χ0) is 20.5. The molecule has 0 amide bonds. The van der Waals surface area contributed by atoms with Gasteiger partial charge < -0.3 is 10.4 Å². The summed E-state index contributed by atoms with van der Waals surface area (Å²) in [4.78, 5) is 15.9. The lowest BCUT2D eigenvalue weighted by Crippen LogP contribution is -2.23. The summed E-state index contributed by atoms with van der Waals surface area (Å²) < 4.78 is 51.9. The highest BCUT2D eigenvalue weighted by Gasteiger charge is 2.30. The molecule has 1 aromatic carbocycles. The van der Waals surface area contributed by atoms with Crippen LogP contribution in [0, 0.1) is 5.82 Å². The fourth-order valence-corrected chi connectivity index (χ4v) is 2.45. The molecule has 6 nitrogen and oxygen atoms in total. The largest absolute Gasteiger partial charge is 0.505 e. The second-order valence-electron chi connectivity index (χ2n) is 5.63. The highest BCUT2D eigenvalue weighted by molar-refractivity contribution is 6.32. The Morgan fingerprint density at radius 2 is 1.93 bits per heavy atom. The molecule has 2 aromatic heterocycles. The van der Waals surface area contributed by atoms with Gasteiger partial charge in [-0.25, -0.2) is 9.37 Å². The van der Waals surface area contributed by atoms with E-state index < -0.39 is 28.9 Å². The van der Waals surface area contributed by atoms with Gasteiger partial charge >= 0.3 is 6.18 Å². The topological polar surface area (TPSA) is 80.0 Å². The SMILES string of the molecule is O=c1c(Cl)c(NCc2ccc(O)c(F)c2)cnn1-c1ccc(C(F)(F)F)cn1. The quantitative estimate of drug-likeness (QED) is 0.635. The first kappa shape index (κ1) is 19.6. The van der Waals surface area contributed by atoms with E-state index in [1.54, 1.807) is 0 Å². The van der Waals surface area contributed by atoms with Crippen molar-refractivity contribution in [2.24, 2.45) is 0 Å². The molecule has 0 aliphatic rings. The lowest BCUT2D eigenvalue weighted by Gasteiger charge is -2.11. The summed E-state index contributed by atoms with van der Waals surface area (Å²) in [5, 5.41) is 15.5. The number of alkyl halides is 3. The molecule has 2 N–H and O–H groups in total. The van der Waals surface area contributed by atoms with Crippen molar-refractivity contribution < 1.29 is 22.7 Å². The Hall–Kier alpha value is -3.14. The Morgan fingerprint density at radius 1 is 1.18 bits per heavy atom. The van der Waals surface area contributed by atoms with Crippen molar-refractivity contribution in [2.75, 3.05) is 5.32 Å². The summed E-state index contributed by atoms with van der Waals surface area (Å²) in [5.74, 6) is -1.42. The van der Waals surface area contributed by atoms with Gasteiger partial charge in [0.15, 0.2) is 17.4 Å². The highest BCUT2D eigenvalue weighted by Crippen LogP contribution is 2.28. The Balaban J connectivity index is 1.82. The molecule has 0 bridgehead atoms. The molecule has 0 spiro atoms. The van der Waals surface area contributed by atoms with Gasteiger partial charge in [0.1, 0.15) is 5.02 Å². The second kappa shape index (κ2) is 7.47. The fourth-order valence-electron chi connectivity index (χ4n) is 2.26. The molecule has 146 valence electrons. The summed E-state index contributed by atoms with van der Waals surface area (Å²) in [5.41, 5.74) is -1.14. The van der Waals surface area contributed by atoms with Gasteiger partial charge in [-0.15, -0.1) is 0 Å². The van der Waals surface area contributed by atoms with Gasteiger partial charge in [-0.2, -0.15) is 23.0 Å². The first-order chi connectivity index (χ1) is 13.2. The van der Waals surface area contributed by atoms with Crippen LogP contribution in [0.4, 0.5) is 23.2 Å². The number of phenolic OH excluding ortho intramolecular Hbond substituents is 1. The minimum absolute atomic E-state index is 0.0839. The van der Waals surface area contributed by atoms with Crippen molar-refractivity contribution in [3.8, 4) is 11.6 Å². The van der Waals surface area contributed by atoms with E-state index in [1.807, 2.05) is 0 Å². The highest BCUT2D eigenvalue weighted by atomic mass is 35.5. The van der Waals surface area contributed by atoms with Crippen LogP contribution in [0.2, 0.25) is 5.02 Å². The molecule has 0 fully saturated rings. The molecule has 0 atom stereocenters. The number of halogens is 5. The molecule has 0 aliphatic carbocycles. The van der Waals surface area contributed by atoms with Gasteiger partial charge in [-0.05, 0) is 29.8 Å². The average Bonchev–Trinajstić information content (AvgIpc) is 2.65. The number of pyridine rings is 1. The predicted octanol–water partition coefficient (Wildman–Crippen LogP) is 3.76. The number of nitrogens with one attached hydrogen (secondary N) is 1. The maximum Gasteiger partial charge on any atom is 0.417 e. The molecule has 28 heavy (non-hydrogen) atoms. The molecule has 0 aliphatic heterocycles. The predicted molar refractivity (Wildman–Crippen MR) is 93.0 cm³/mol. The molecule has 0 saturated heterocycles. The lowest BCUT2D eigenvalue weighted by molar-refractivity contribution is -0.137. The Morgan fingerprint density at radius 3 is 2.54 bits per heavy atom. The molecule has 11 heteroatoms. The van der Waals surface area contributed by atoms with Crippen LogP contribution in [0.5, 0.6) is 5.75 Å². The smallest absolute Gasteiger partial charge is 0.417 e. The monoisotopic (exact) mass is 414 g/mol. The van der Waals surface area contributed by atoms with Crippen LogP contribution >= 0.6 is 11.6 Å². The molecule has 3 rings (SSSR count). The number of aromatic hydroxyl groups is 1. The van der Waals surface area contributed by atoms with Gasteiger partial charge in [0.05, 0.1) is 17.4 Å². The van der Waals surface area contributed by atoms with Crippen molar-refractivity contribution in [3.63, 3.8) is 0 Å². The minimum Gasteiger partial charge on any atom is -0.505 e. The second-order valence-corrected chi connectivity index (χ2v) is 6.01. The Labute approximate surface area is 160 Å². The van der Waals surface area contributed by atoms with Gasteiger partial charge in [-0.3, -0.25) is 4.79 Å². The van der Waals surface area contributed by atoms with E-state index in [0.29, 0.717) is 11.8 Å². The van der Waals surface area contributed by atoms with Crippen molar-refractivity contribution >= 4 is 17.3 Å². The first-order valence-corrected chi connectivity index (χ1v) is 8.07. The van der Waals surface area contributed by atoms with Crippen molar-refractivity contribution in [1.29, 1.82) is 0 Å². The normalized spacial score (nSPS) is 11.5. The molecule has 0 saturated carbocycles. The zero-order valence-electron chi connectivity index (χ0n) is 13.8. The summed E-state index contributed by atoms with van der Waals surface area (Å²) in [6.45, 7) is 0.0839. The first-order valence-electron chi connectivity index (χ1n) is 7.69. The summed E-state index contributed by atoms with van der Waals surface area (Å²) in [6, 6.07) is 5.54. The number of hydrogen-bond donors (Lipinski definition) is 2. The fraction of sp³-hybridized carbons (Fsp3) is 0.118. The average molecular weight is 415 g/mol. The third kappa shape index (κ3) is 4.06. The number of nitrogens with zero attached hydrogens (tertiary/aromatic N) is 3. The van der Waals surface area contributed by atoms with E-state index in [-0.39, 0.29) is 23.1 Å². The van der Waals surface area contributed by atoms with Crippen molar-refractivity contribution in [2.45, 2.75) is 12.7 Å². The zero-order valence-corrected chi connectivity index (χ0v) is 14.6. The molecular weight excluding hydrogens is 404 g/mol. The summed E-state index contributed by atoms with van der Waals surface area (Å²) >= 11 is 6.02. The van der Waals surface area contributed by atoms with Gasteiger partial charge in [-0.1, -0.05) is 17.7 Å². The number of anilines is 1. The van der Waals surface area contributed by atoms with E-state index >= 15 is 0 Å². The maximum atomic E-state index is 13.3. The number of rotatable bonds is 4. The number of hydrogen-bond acceptors (Lipinski definition) is 5. The maximum absolute atomic E-state index is 13.3. The van der Waals surface area contributed by atoms with Crippen LogP contribution in [0.1, 0.15) is 11.1 Å². The molecule has 0 radical (unpaired) electrons. The third-order valence-electron chi connectivity index (χ3n) is 3.71. The van der Waals surface area contributed by atoms with Gasteiger partial charge in [0.2, 0.25) is 0 Å². The van der Waals surface area contributed by atoms with Crippen LogP contribution in [-0.2, 0) is 12.7 Å². The van der Waals surface area contributed by atoms with Crippen LogP contribution in [0.15, 0.2) is 47.5 Å².